The molecule has 0 atom stereocenters. The molecule has 0 saturated carbocycles. The number of aryl methyl sites for hydroxylation is 1. The first-order valence-electron chi connectivity index (χ1n) is 10.5. The molecule has 0 radical (unpaired) electrons. The van der Waals surface area contributed by atoms with Crippen molar-refractivity contribution in [3.05, 3.63) is 71.9 Å². The molecule has 4 rings (SSSR count). The smallest absolute Gasteiger partial charge is 0.416 e. The molecule has 0 unspecified atom stereocenters. The van der Waals surface area contributed by atoms with Gasteiger partial charge < -0.3 is 14.5 Å². The number of carbonyl (C=O) groups is 1. The normalized spacial score (nSPS) is 14.3. The van der Waals surface area contributed by atoms with Crippen molar-refractivity contribution < 1.29 is 22.7 Å². The van der Waals surface area contributed by atoms with Crippen LogP contribution in [-0.4, -0.2) is 53.6 Å². The van der Waals surface area contributed by atoms with E-state index in [1.807, 2.05) is 30.3 Å². The van der Waals surface area contributed by atoms with E-state index < -0.39 is 11.7 Å². The highest BCUT2D eigenvalue weighted by Crippen LogP contribution is 2.30. The highest BCUT2D eigenvalue weighted by atomic mass is 19.4. The third-order valence-corrected chi connectivity index (χ3v) is 5.40. The fourth-order valence-electron chi connectivity index (χ4n) is 3.63. The number of carbonyl (C=O) groups excluding carboxylic acids is 1. The van der Waals surface area contributed by atoms with E-state index in [2.05, 4.69) is 14.9 Å². The number of hydrogen-bond donors (Lipinski definition) is 0. The van der Waals surface area contributed by atoms with Crippen molar-refractivity contribution in [3.63, 3.8) is 0 Å². The molecule has 3 aromatic rings. The summed E-state index contributed by atoms with van der Waals surface area (Å²) in [7, 11) is 0. The van der Waals surface area contributed by atoms with Gasteiger partial charge in [0.1, 0.15) is 0 Å². The Morgan fingerprint density at radius 3 is 2.27 bits per heavy atom. The molecule has 0 spiro atoms. The van der Waals surface area contributed by atoms with Crippen LogP contribution in [0.5, 0.6) is 5.88 Å². The molecule has 9 heteroatoms. The molecule has 1 amide bonds. The zero-order valence-corrected chi connectivity index (χ0v) is 18.0. The second-order valence-corrected chi connectivity index (χ2v) is 7.74. The summed E-state index contributed by atoms with van der Waals surface area (Å²) in [4.78, 5) is 25.2. The fraction of sp³-hybridized carbons (Fsp3) is 0.292. The number of para-hydroxylation sites is 1. The van der Waals surface area contributed by atoms with E-state index in [9.17, 15) is 18.0 Å². The lowest BCUT2D eigenvalue weighted by Gasteiger charge is -2.36. The number of amides is 1. The third kappa shape index (κ3) is 5.60. The van der Waals surface area contributed by atoms with Gasteiger partial charge in [0, 0.05) is 49.2 Å². The summed E-state index contributed by atoms with van der Waals surface area (Å²) in [6, 6.07) is 16.2. The summed E-state index contributed by atoms with van der Waals surface area (Å²) >= 11 is 0. The van der Waals surface area contributed by atoms with Crippen molar-refractivity contribution in [2.75, 3.05) is 37.7 Å². The first-order valence-corrected chi connectivity index (χ1v) is 10.5. The summed E-state index contributed by atoms with van der Waals surface area (Å²) in [5.41, 5.74) is 1.40. The van der Waals surface area contributed by atoms with E-state index in [4.69, 9.17) is 4.74 Å². The number of hydrogen-bond acceptors (Lipinski definition) is 5. The van der Waals surface area contributed by atoms with Gasteiger partial charge in [-0.2, -0.15) is 18.2 Å². The number of rotatable bonds is 5. The highest BCUT2D eigenvalue weighted by molar-refractivity contribution is 5.78. The number of halogens is 3. The molecule has 2 aromatic carbocycles. The zero-order chi connectivity index (χ0) is 23.4. The number of aromatic nitrogens is 2. The third-order valence-electron chi connectivity index (χ3n) is 5.40. The minimum Gasteiger partial charge on any atom is -0.467 e. The van der Waals surface area contributed by atoms with Crippen molar-refractivity contribution in [1.29, 1.82) is 0 Å². The Balaban J connectivity index is 1.36. The van der Waals surface area contributed by atoms with Crippen molar-refractivity contribution >= 4 is 11.6 Å². The van der Waals surface area contributed by atoms with E-state index >= 15 is 0 Å². The topological polar surface area (TPSA) is 58.6 Å². The Morgan fingerprint density at radius 1 is 0.970 bits per heavy atom. The number of anilines is 1. The van der Waals surface area contributed by atoms with Crippen LogP contribution >= 0.6 is 0 Å². The molecule has 1 aliphatic heterocycles. The van der Waals surface area contributed by atoms with Gasteiger partial charge in [-0.3, -0.25) is 4.79 Å². The second kappa shape index (κ2) is 9.48. The van der Waals surface area contributed by atoms with Gasteiger partial charge in [-0.15, -0.1) is 0 Å². The summed E-state index contributed by atoms with van der Waals surface area (Å²) < 4.78 is 44.0. The summed E-state index contributed by atoms with van der Waals surface area (Å²) in [5.74, 6) is 0.298. The predicted molar refractivity (Wildman–Crippen MR) is 118 cm³/mol. The maximum absolute atomic E-state index is 12.8. The van der Waals surface area contributed by atoms with E-state index in [1.54, 1.807) is 17.9 Å². The zero-order valence-electron chi connectivity index (χ0n) is 18.0. The SMILES string of the molecule is Cc1cc(OCC(=O)N2CCN(c3ccccc3)CC2)nc(-c2ccc(C(F)(F)F)cc2)n1. The van der Waals surface area contributed by atoms with Gasteiger partial charge >= 0.3 is 6.18 Å². The van der Waals surface area contributed by atoms with Crippen LogP contribution < -0.4 is 9.64 Å². The summed E-state index contributed by atoms with van der Waals surface area (Å²) in [6.45, 7) is 4.22. The van der Waals surface area contributed by atoms with Crippen molar-refractivity contribution in [2.24, 2.45) is 0 Å². The molecule has 1 saturated heterocycles. The first-order chi connectivity index (χ1) is 15.8. The molecule has 172 valence electrons. The Morgan fingerprint density at radius 2 is 1.64 bits per heavy atom. The Labute approximate surface area is 189 Å². The van der Waals surface area contributed by atoms with E-state index in [0.29, 0.717) is 24.3 Å². The maximum Gasteiger partial charge on any atom is 0.416 e. The standard InChI is InChI=1S/C24H23F3N4O2/c1-17-15-21(29-23(28-17)18-7-9-19(10-8-18)24(25,26)27)33-16-22(32)31-13-11-30(12-14-31)20-5-3-2-4-6-20/h2-10,15H,11-14,16H2,1H3. The van der Waals surface area contributed by atoms with Crippen LogP contribution in [-0.2, 0) is 11.0 Å². The Hall–Kier alpha value is -3.62. The average molecular weight is 456 g/mol. The van der Waals surface area contributed by atoms with Gasteiger partial charge in [0.05, 0.1) is 5.56 Å². The van der Waals surface area contributed by atoms with Gasteiger partial charge in [-0.25, -0.2) is 4.98 Å². The number of piperazine rings is 1. The van der Waals surface area contributed by atoms with Gasteiger partial charge in [0.2, 0.25) is 5.88 Å². The quantitative estimate of drug-likeness (QED) is 0.576. The maximum atomic E-state index is 12.8. The first kappa shape index (κ1) is 22.6. The number of ether oxygens (including phenoxy) is 1. The predicted octanol–water partition coefficient (Wildman–Crippen LogP) is 4.20. The van der Waals surface area contributed by atoms with Crippen LogP contribution in [0, 0.1) is 6.92 Å². The summed E-state index contributed by atoms with van der Waals surface area (Å²) in [5, 5.41) is 0. The molecule has 6 nitrogen and oxygen atoms in total. The van der Waals surface area contributed by atoms with Crippen LogP contribution in [0.3, 0.4) is 0 Å². The number of benzene rings is 2. The van der Waals surface area contributed by atoms with Crippen molar-refractivity contribution in [1.82, 2.24) is 14.9 Å². The molecular formula is C24H23F3N4O2. The lowest BCUT2D eigenvalue weighted by Crippen LogP contribution is -2.50. The van der Waals surface area contributed by atoms with Gasteiger partial charge in [-0.05, 0) is 31.2 Å². The van der Waals surface area contributed by atoms with Gasteiger partial charge in [-0.1, -0.05) is 30.3 Å². The molecule has 33 heavy (non-hydrogen) atoms. The fourth-order valence-corrected chi connectivity index (χ4v) is 3.63. The Kier molecular flexibility index (Phi) is 6.48. The number of nitrogens with zero attached hydrogens (tertiary/aromatic N) is 4. The molecule has 0 bridgehead atoms. The molecule has 0 aliphatic carbocycles. The van der Waals surface area contributed by atoms with Gasteiger partial charge in [0.25, 0.3) is 5.91 Å². The Bertz CT molecular complexity index is 1100. The van der Waals surface area contributed by atoms with E-state index in [-0.39, 0.29) is 24.2 Å². The minimum absolute atomic E-state index is 0.143. The van der Waals surface area contributed by atoms with E-state index in [0.717, 1.165) is 30.9 Å². The van der Waals surface area contributed by atoms with Crippen LogP contribution in [0.25, 0.3) is 11.4 Å². The molecular weight excluding hydrogens is 433 g/mol. The lowest BCUT2D eigenvalue weighted by molar-refractivity contribution is -0.137. The highest BCUT2D eigenvalue weighted by Gasteiger charge is 2.30. The van der Waals surface area contributed by atoms with Crippen LogP contribution in [0.2, 0.25) is 0 Å². The van der Waals surface area contributed by atoms with E-state index in [1.165, 1.54) is 12.1 Å². The molecule has 1 fully saturated rings. The van der Waals surface area contributed by atoms with Crippen LogP contribution in [0.15, 0.2) is 60.7 Å². The van der Waals surface area contributed by atoms with Crippen molar-refractivity contribution in [3.8, 4) is 17.3 Å². The average Bonchev–Trinajstić information content (AvgIpc) is 2.82. The van der Waals surface area contributed by atoms with Gasteiger partial charge in [0.15, 0.2) is 12.4 Å². The largest absolute Gasteiger partial charge is 0.467 e. The van der Waals surface area contributed by atoms with Crippen molar-refractivity contribution in [2.45, 2.75) is 13.1 Å². The van der Waals surface area contributed by atoms with Crippen LogP contribution in [0.1, 0.15) is 11.3 Å². The minimum atomic E-state index is -4.41. The number of alkyl halides is 3. The summed E-state index contributed by atoms with van der Waals surface area (Å²) in [6.07, 6.45) is -4.41. The molecule has 1 aliphatic rings. The molecule has 0 N–H and O–H groups in total. The second-order valence-electron chi connectivity index (χ2n) is 7.74. The monoisotopic (exact) mass is 456 g/mol. The van der Waals surface area contributed by atoms with Crippen LogP contribution in [0.4, 0.5) is 18.9 Å². The molecule has 2 heterocycles. The molecule has 1 aromatic heterocycles. The lowest BCUT2D eigenvalue weighted by atomic mass is 10.1.